The molecule has 108 valence electrons. The van der Waals surface area contributed by atoms with Crippen molar-refractivity contribution in [3.05, 3.63) is 57.0 Å². The van der Waals surface area contributed by atoms with E-state index >= 15 is 0 Å². The number of hydrogen-bond acceptors (Lipinski definition) is 5. The lowest BCUT2D eigenvalue weighted by Crippen LogP contribution is -2.16. The molecule has 0 radical (unpaired) electrons. The minimum atomic E-state index is -0.569. The van der Waals surface area contributed by atoms with Gasteiger partial charge in [0.1, 0.15) is 12.3 Å². The van der Waals surface area contributed by atoms with E-state index in [0.29, 0.717) is 0 Å². The first-order valence-electron chi connectivity index (χ1n) is 6.56. The molecule has 0 amide bonds. The third-order valence-electron chi connectivity index (χ3n) is 3.47. The number of fused-ring (bicyclic) bond motifs is 1. The van der Waals surface area contributed by atoms with Crippen LogP contribution in [0.3, 0.4) is 0 Å². The molecule has 0 bridgehead atoms. The van der Waals surface area contributed by atoms with Crippen molar-refractivity contribution in [2.45, 2.75) is 25.4 Å². The van der Waals surface area contributed by atoms with E-state index in [9.17, 15) is 10.1 Å². The lowest BCUT2D eigenvalue weighted by molar-refractivity contribution is -0.386. The highest BCUT2D eigenvalue weighted by molar-refractivity contribution is 6.28. The maximum Gasteiger partial charge on any atom is 0.349 e. The van der Waals surface area contributed by atoms with Gasteiger partial charge in [0.15, 0.2) is 0 Å². The molecule has 3 rings (SSSR count). The van der Waals surface area contributed by atoms with Crippen LogP contribution >= 0.6 is 11.6 Å². The number of aryl methyl sites for hydroxylation is 1. The Kier molecular flexibility index (Phi) is 3.70. The summed E-state index contributed by atoms with van der Waals surface area (Å²) in [6, 6.07) is 7.94. The minimum absolute atomic E-state index is 0.0697. The second-order valence-electron chi connectivity index (χ2n) is 4.78. The maximum absolute atomic E-state index is 11.0. The molecule has 2 aromatic rings. The first-order valence-corrected chi connectivity index (χ1v) is 6.94. The second-order valence-corrected chi connectivity index (χ2v) is 5.12. The summed E-state index contributed by atoms with van der Waals surface area (Å²) in [5.41, 5.74) is 1.98. The molecule has 0 saturated heterocycles. The molecule has 0 aliphatic heterocycles. The van der Waals surface area contributed by atoms with Crippen LogP contribution in [0.15, 0.2) is 30.5 Å². The number of benzene rings is 1. The molecule has 1 heterocycles. The van der Waals surface area contributed by atoms with Crippen LogP contribution in [-0.4, -0.2) is 14.9 Å². The molecule has 1 unspecified atom stereocenters. The molecule has 0 spiro atoms. The van der Waals surface area contributed by atoms with Gasteiger partial charge in [-0.2, -0.15) is 4.98 Å². The second kappa shape index (κ2) is 5.65. The zero-order valence-electron chi connectivity index (χ0n) is 11.0. The normalized spacial score (nSPS) is 17.1. The average Bonchev–Trinajstić information content (AvgIpc) is 2.47. The zero-order valence-corrected chi connectivity index (χ0v) is 11.8. The molecule has 0 N–H and O–H groups in total. The van der Waals surface area contributed by atoms with E-state index in [1.54, 1.807) is 0 Å². The summed E-state index contributed by atoms with van der Waals surface area (Å²) in [4.78, 5) is 17.9. The lowest BCUT2D eigenvalue weighted by Gasteiger charge is -2.25. The number of aromatic nitrogens is 2. The number of ether oxygens (including phenoxy) is 1. The van der Waals surface area contributed by atoms with Crippen LogP contribution in [0.25, 0.3) is 0 Å². The molecule has 1 aliphatic rings. The van der Waals surface area contributed by atoms with Gasteiger partial charge in [0.2, 0.25) is 5.28 Å². The van der Waals surface area contributed by atoms with Crippen LogP contribution in [0.5, 0.6) is 5.88 Å². The van der Waals surface area contributed by atoms with Crippen molar-refractivity contribution < 1.29 is 9.66 Å². The van der Waals surface area contributed by atoms with Crippen molar-refractivity contribution in [3.8, 4) is 5.88 Å². The molecule has 1 aromatic carbocycles. The number of nitro groups is 1. The Morgan fingerprint density at radius 3 is 3.00 bits per heavy atom. The molecule has 1 aliphatic carbocycles. The molecule has 1 atom stereocenters. The Morgan fingerprint density at radius 1 is 1.38 bits per heavy atom. The lowest BCUT2D eigenvalue weighted by atomic mass is 9.89. The molecule has 7 heteroatoms. The fourth-order valence-corrected chi connectivity index (χ4v) is 2.64. The topological polar surface area (TPSA) is 78.2 Å². The molecule has 21 heavy (non-hydrogen) atoms. The van der Waals surface area contributed by atoms with Crippen molar-refractivity contribution in [1.29, 1.82) is 0 Å². The highest BCUT2D eigenvalue weighted by atomic mass is 35.5. The van der Waals surface area contributed by atoms with Gasteiger partial charge in [-0.3, -0.25) is 10.1 Å². The summed E-state index contributed by atoms with van der Waals surface area (Å²) in [7, 11) is 0. The summed E-state index contributed by atoms with van der Waals surface area (Å²) in [6.45, 7) is 0. The van der Waals surface area contributed by atoms with Gasteiger partial charge in [0, 0.05) is 0 Å². The van der Waals surface area contributed by atoms with Crippen LogP contribution in [0.2, 0.25) is 5.28 Å². The van der Waals surface area contributed by atoms with Gasteiger partial charge in [0.25, 0.3) is 5.88 Å². The van der Waals surface area contributed by atoms with E-state index in [1.807, 2.05) is 24.3 Å². The van der Waals surface area contributed by atoms with Crippen molar-refractivity contribution in [2.75, 3.05) is 0 Å². The molecule has 0 saturated carbocycles. The Bertz CT molecular complexity index is 693. The first kappa shape index (κ1) is 13.8. The van der Waals surface area contributed by atoms with Gasteiger partial charge in [-0.25, -0.2) is 4.98 Å². The van der Waals surface area contributed by atoms with Gasteiger partial charge < -0.3 is 4.74 Å². The maximum atomic E-state index is 11.0. The van der Waals surface area contributed by atoms with E-state index in [0.717, 1.165) is 31.0 Å². The predicted molar refractivity (Wildman–Crippen MR) is 76.4 cm³/mol. The van der Waals surface area contributed by atoms with Crippen LogP contribution in [0.1, 0.15) is 30.1 Å². The molecule has 0 fully saturated rings. The van der Waals surface area contributed by atoms with Crippen LogP contribution < -0.4 is 4.74 Å². The summed E-state index contributed by atoms with van der Waals surface area (Å²) >= 11 is 5.71. The third kappa shape index (κ3) is 2.80. The van der Waals surface area contributed by atoms with E-state index in [4.69, 9.17) is 16.3 Å². The Morgan fingerprint density at radius 2 is 2.19 bits per heavy atom. The van der Waals surface area contributed by atoms with Crippen molar-refractivity contribution in [1.82, 2.24) is 9.97 Å². The number of hydrogen-bond donors (Lipinski definition) is 0. The summed E-state index contributed by atoms with van der Waals surface area (Å²) < 4.78 is 5.78. The third-order valence-corrected chi connectivity index (χ3v) is 3.65. The summed E-state index contributed by atoms with van der Waals surface area (Å²) in [5, 5.41) is 11.0. The standard InChI is InChI=1S/C14H12ClN3O3/c15-14-16-8-11(18(19)20)13(17-14)21-12-7-3-5-9-4-1-2-6-10(9)12/h1-2,4,6,8,12H,3,5,7H2. The molecular weight excluding hydrogens is 294 g/mol. The number of halogens is 1. The Hall–Kier alpha value is -2.21. The fraction of sp³-hybridized carbons (Fsp3) is 0.286. The van der Waals surface area contributed by atoms with Crippen LogP contribution in [-0.2, 0) is 6.42 Å². The summed E-state index contributed by atoms with van der Waals surface area (Å²) in [6.07, 6.45) is 3.56. The smallest absolute Gasteiger partial charge is 0.349 e. The van der Waals surface area contributed by atoms with E-state index < -0.39 is 4.92 Å². The monoisotopic (exact) mass is 305 g/mol. The van der Waals surface area contributed by atoms with E-state index in [-0.39, 0.29) is 23.0 Å². The van der Waals surface area contributed by atoms with E-state index in [2.05, 4.69) is 9.97 Å². The SMILES string of the molecule is O=[N+]([O-])c1cnc(Cl)nc1OC1CCCc2ccccc21. The van der Waals surface area contributed by atoms with Gasteiger partial charge in [-0.15, -0.1) is 0 Å². The minimum Gasteiger partial charge on any atom is -0.464 e. The van der Waals surface area contributed by atoms with Crippen LogP contribution in [0.4, 0.5) is 5.69 Å². The van der Waals surface area contributed by atoms with Crippen molar-refractivity contribution >= 4 is 17.3 Å². The van der Waals surface area contributed by atoms with Gasteiger partial charge in [0.05, 0.1) is 4.92 Å². The predicted octanol–water partition coefficient (Wildman–Crippen LogP) is 3.49. The quantitative estimate of drug-likeness (QED) is 0.492. The number of nitrogens with zero attached hydrogens (tertiary/aromatic N) is 3. The first-order chi connectivity index (χ1) is 10.1. The average molecular weight is 306 g/mol. The van der Waals surface area contributed by atoms with Crippen LogP contribution in [0, 0.1) is 10.1 Å². The highest BCUT2D eigenvalue weighted by Crippen LogP contribution is 2.35. The zero-order chi connectivity index (χ0) is 14.8. The van der Waals surface area contributed by atoms with Gasteiger partial charge in [-0.05, 0) is 42.0 Å². The van der Waals surface area contributed by atoms with Gasteiger partial charge in [-0.1, -0.05) is 24.3 Å². The largest absolute Gasteiger partial charge is 0.464 e. The Balaban J connectivity index is 1.95. The fourth-order valence-electron chi connectivity index (χ4n) is 2.52. The van der Waals surface area contributed by atoms with Crippen molar-refractivity contribution in [3.63, 3.8) is 0 Å². The Labute approximate surface area is 125 Å². The number of rotatable bonds is 3. The highest BCUT2D eigenvalue weighted by Gasteiger charge is 2.26. The van der Waals surface area contributed by atoms with E-state index in [1.165, 1.54) is 5.56 Å². The summed E-state index contributed by atoms with van der Waals surface area (Å²) in [5.74, 6) is -0.0818. The molecule has 1 aromatic heterocycles. The van der Waals surface area contributed by atoms with Crippen molar-refractivity contribution in [2.24, 2.45) is 0 Å². The van der Waals surface area contributed by atoms with Gasteiger partial charge >= 0.3 is 5.69 Å². The molecular formula is C14H12ClN3O3. The molecule has 6 nitrogen and oxygen atoms in total.